The molecule has 0 saturated heterocycles. The number of hydrogen-bond donors (Lipinski definition) is 2. The van der Waals surface area contributed by atoms with Crippen molar-refractivity contribution in [3.05, 3.63) is 47.9 Å². The number of pyridine rings is 1. The molecule has 0 aliphatic heterocycles. The Morgan fingerprint density at radius 3 is 2.67 bits per heavy atom. The van der Waals surface area contributed by atoms with Crippen molar-refractivity contribution in [2.75, 3.05) is 0 Å². The quantitative estimate of drug-likeness (QED) is 0.692. The largest absolute Gasteiger partial charge is 0.480 e. The molecule has 2 N–H and O–H groups in total. The summed E-state index contributed by atoms with van der Waals surface area (Å²) in [5.74, 6) is -1.50. The zero-order valence-corrected chi connectivity index (χ0v) is 15.4. The van der Waals surface area contributed by atoms with Crippen molar-refractivity contribution >= 4 is 22.8 Å². The molecule has 0 aliphatic carbocycles. The van der Waals surface area contributed by atoms with Gasteiger partial charge in [0.15, 0.2) is 5.69 Å². The number of carboxylic acid groups (broad SMARTS) is 1. The van der Waals surface area contributed by atoms with Crippen LogP contribution in [0.25, 0.3) is 16.6 Å². The highest BCUT2D eigenvalue weighted by atomic mass is 16.4. The molecule has 0 radical (unpaired) electrons. The van der Waals surface area contributed by atoms with Crippen molar-refractivity contribution in [1.29, 1.82) is 0 Å². The second-order valence-electron chi connectivity index (χ2n) is 6.78. The maximum atomic E-state index is 12.6. The zero-order chi connectivity index (χ0) is 19.6. The number of carboxylic acids is 1. The zero-order valence-electron chi connectivity index (χ0n) is 15.4. The van der Waals surface area contributed by atoms with Gasteiger partial charge in [-0.15, -0.1) is 5.10 Å². The van der Waals surface area contributed by atoms with Crippen molar-refractivity contribution in [2.45, 2.75) is 33.2 Å². The fourth-order valence-electron chi connectivity index (χ4n) is 2.95. The average Bonchev–Trinajstić information content (AvgIpc) is 3.01. The molecule has 0 spiro atoms. The first-order valence-electron chi connectivity index (χ1n) is 8.68. The molecule has 0 unspecified atom stereocenters. The lowest BCUT2D eigenvalue weighted by Crippen LogP contribution is -2.42. The lowest BCUT2D eigenvalue weighted by atomic mass is 10.0. The maximum Gasteiger partial charge on any atom is 0.326 e. The fraction of sp³-hybridized carbons (Fsp3) is 0.316. The molecule has 8 nitrogen and oxygen atoms in total. The monoisotopic (exact) mass is 367 g/mol. The maximum absolute atomic E-state index is 12.6. The lowest BCUT2D eigenvalue weighted by molar-refractivity contribution is -0.139. The minimum atomic E-state index is -1.07. The van der Waals surface area contributed by atoms with E-state index in [-0.39, 0.29) is 11.6 Å². The van der Waals surface area contributed by atoms with Crippen LogP contribution in [0, 0.1) is 12.8 Å². The van der Waals surface area contributed by atoms with Crippen LogP contribution in [0.4, 0.5) is 0 Å². The first-order valence-corrected chi connectivity index (χ1v) is 8.68. The number of carbonyl (C=O) groups is 2. The summed E-state index contributed by atoms with van der Waals surface area (Å²) in [4.78, 5) is 28.3. The molecule has 0 fully saturated rings. The Morgan fingerprint density at radius 2 is 1.96 bits per heavy atom. The highest BCUT2D eigenvalue weighted by Gasteiger charge is 2.25. The molecule has 8 heteroatoms. The summed E-state index contributed by atoms with van der Waals surface area (Å²) in [6.07, 6.45) is 2.02. The second-order valence-corrected chi connectivity index (χ2v) is 6.78. The third-order valence-corrected chi connectivity index (χ3v) is 4.26. The van der Waals surface area contributed by atoms with Crippen molar-refractivity contribution in [1.82, 2.24) is 25.3 Å². The number of benzene rings is 1. The van der Waals surface area contributed by atoms with Gasteiger partial charge in [-0.05, 0) is 31.4 Å². The smallest absolute Gasteiger partial charge is 0.326 e. The van der Waals surface area contributed by atoms with Gasteiger partial charge in [0.05, 0.1) is 16.9 Å². The predicted octanol–water partition coefficient (Wildman–Crippen LogP) is 2.35. The fourth-order valence-corrected chi connectivity index (χ4v) is 2.95. The summed E-state index contributed by atoms with van der Waals surface area (Å²) >= 11 is 0. The average molecular weight is 367 g/mol. The standard InChI is InChI=1S/C19H21N5O3/c1-11(2)10-14(19(26)27)21-18(25)16-12(3)24(23-22-16)15-8-4-6-13-7-5-9-20-17(13)15/h4-9,11,14H,10H2,1-3H3,(H,21,25)(H,26,27)/t14-/m1/s1. The summed E-state index contributed by atoms with van der Waals surface area (Å²) in [5, 5.41) is 20.9. The van der Waals surface area contributed by atoms with Crippen LogP contribution >= 0.6 is 0 Å². The van der Waals surface area contributed by atoms with Crippen molar-refractivity contribution in [2.24, 2.45) is 5.92 Å². The van der Waals surface area contributed by atoms with Crippen LogP contribution in [0.1, 0.15) is 36.5 Å². The molecule has 27 heavy (non-hydrogen) atoms. The molecular formula is C19H21N5O3. The molecule has 1 aromatic carbocycles. The Hall–Kier alpha value is -3.29. The first kappa shape index (κ1) is 18.5. The Morgan fingerprint density at radius 1 is 1.22 bits per heavy atom. The number of nitrogens with one attached hydrogen (secondary N) is 1. The van der Waals surface area contributed by atoms with E-state index in [2.05, 4.69) is 20.6 Å². The number of amides is 1. The number of hydrogen-bond acceptors (Lipinski definition) is 5. The molecule has 0 saturated carbocycles. The van der Waals surface area contributed by atoms with Crippen LogP contribution in [-0.2, 0) is 4.79 Å². The van der Waals surface area contributed by atoms with E-state index in [1.165, 1.54) is 0 Å². The Balaban J connectivity index is 1.93. The van der Waals surface area contributed by atoms with Gasteiger partial charge < -0.3 is 10.4 Å². The van der Waals surface area contributed by atoms with E-state index >= 15 is 0 Å². The third kappa shape index (κ3) is 3.79. The molecule has 2 heterocycles. The van der Waals surface area contributed by atoms with Gasteiger partial charge in [0.1, 0.15) is 6.04 Å². The number of fused-ring (bicyclic) bond motifs is 1. The van der Waals surface area contributed by atoms with Gasteiger partial charge in [0.2, 0.25) is 0 Å². The van der Waals surface area contributed by atoms with Crippen molar-refractivity contribution < 1.29 is 14.7 Å². The van der Waals surface area contributed by atoms with E-state index in [1.54, 1.807) is 17.8 Å². The summed E-state index contributed by atoms with van der Waals surface area (Å²) < 4.78 is 1.54. The van der Waals surface area contributed by atoms with Gasteiger partial charge in [-0.1, -0.05) is 37.3 Å². The third-order valence-electron chi connectivity index (χ3n) is 4.26. The van der Waals surface area contributed by atoms with Crippen molar-refractivity contribution in [3.63, 3.8) is 0 Å². The van der Waals surface area contributed by atoms with Crippen LogP contribution in [0.15, 0.2) is 36.5 Å². The van der Waals surface area contributed by atoms with Crippen LogP contribution in [0.5, 0.6) is 0 Å². The van der Waals surface area contributed by atoms with Gasteiger partial charge in [0, 0.05) is 11.6 Å². The highest BCUT2D eigenvalue weighted by Crippen LogP contribution is 2.21. The van der Waals surface area contributed by atoms with E-state index in [9.17, 15) is 14.7 Å². The number of carbonyl (C=O) groups excluding carboxylic acids is 1. The van der Waals surface area contributed by atoms with Gasteiger partial charge in [-0.3, -0.25) is 9.78 Å². The summed E-state index contributed by atoms with van der Waals surface area (Å²) in [5.41, 5.74) is 2.05. The van der Waals surface area contributed by atoms with Crippen LogP contribution < -0.4 is 5.32 Å². The van der Waals surface area contributed by atoms with E-state index in [0.29, 0.717) is 17.8 Å². The van der Waals surface area contributed by atoms with Crippen LogP contribution in [0.2, 0.25) is 0 Å². The molecule has 0 bridgehead atoms. The van der Waals surface area contributed by atoms with E-state index in [1.807, 2.05) is 44.2 Å². The Labute approximate surface area is 156 Å². The SMILES string of the molecule is Cc1c(C(=O)N[C@H](CC(C)C)C(=O)O)nnn1-c1cccc2cccnc12. The normalized spacial score (nSPS) is 12.3. The highest BCUT2D eigenvalue weighted by molar-refractivity contribution is 5.96. The molecule has 2 aromatic heterocycles. The number of rotatable bonds is 6. The minimum Gasteiger partial charge on any atom is -0.480 e. The van der Waals surface area contributed by atoms with E-state index in [0.717, 1.165) is 10.9 Å². The Bertz CT molecular complexity index is 991. The van der Waals surface area contributed by atoms with Gasteiger partial charge in [0.25, 0.3) is 5.91 Å². The minimum absolute atomic E-state index is 0.0953. The predicted molar refractivity (Wildman–Crippen MR) is 99.7 cm³/mol. The molecule has 3 aromatic rings. The molecular weight excluding hydrogens is 346 g/mol. The number of para-hydroxylation sites is 1. The molecule has 1 amide bonds. The lowest BCUT2D eigenvalue weighted by Gasteiger charge is -2.15. The molecule has 1 atom stereocenters. The van der Waals surface area contributed by atoms with Crippen molar-refractivity contribution in [3.8, 4) is 5.69 Å². The van der Waals surface area contributed by atoms with Crippen LogP contribution in [0.3, 0.4) is 0 Å². The van der Waals surface area contributed by atoms with Crippen LogP contribution in [-0.4, -0.2) is 43.0 Å². The number of aliphatic carboxylic acids is 1. The topological polar surface area (TPSA) is 110 Å². The summed E-state index contributed by atoms with van der Waals surface area (Å²) in [7, 11) is 0. The second kappa shape index (κ2) is 7.53. The summed E-state index contributed by atoms with van der Waals surface area (Å²) in [6, 6.07) is 8.48. The summed E-state index contributed by atoms with van der Waals surface area (Å²) in [6.45, 7) is 5.52. The molecule has 3 rings (SSSR count). The van der Waals surface area contributed by atoms with Gasteiger partial charge in [-0.25, -0.2) is 9.48 Å². The van der Waals surface area contributed by atoms with Gasteiger partial charge >= 0.3 is 5.97 Å². The Kier molecular flexibility index (Phi) is 5.16. The number of aromatic nitrogens is 4. The van der Waals surface area contributed by atoms with E-state index in [4.69, 9.17) is 0 Å². The number of nitrogens with zero attached hydrogens (tertiary/aromatic N) is 4. The first-order chi connectivity index (χ1) is 12.9. The molecule has 0 aliphatic rings. The van der Waals surface area contributed by atoms with E-state index < -0.39 is 17.9 Å². The van der Waals surface area contributed by atoms with Gasteiger partial charge in [-0.2, -0.15) is 0 Å². The molecule has 140 valence electrons.